The average molecular weight is 672 g/mol. The molecule has 1 N–H and O–H groups in total. The van der Waals surface area contributed by atoms with Crippen molar-refractivity contribution >= 4 is 27.7 Å². The van der Waals surface area contributed by atoms with Gasteiger partial charge in [-0.3, -0.25) is 9.59 Å². The third-order valence-corrected chi connectivity index (χ3v) is 8.70. The third kappa shape index (κ3) is 5.52. The first-order valence-corrected chi connectivity index (χ1v) is 15.0. The molecule has 2 aliphatic rings. The highest BCUT2D eigenvalue weighted by atomic mass is 79.9. The van der Waals surface area contributed by atoms with Crippen LogP contribution in [0.2, 0.25) is 0 Å². The number of amides is 1. The molecule has 1 amide bonds. The number of alkyl halides is 3. The van der Waals surface area contributed by atoms with Crippen molar-refractivity contribution in [2.75, 3.05) is 31.1 Å². The van der Waals surface area contributed by atoms with Crippen LogP contribution in [0.1, 0.15) is 45.5 Å². The van der Waals surface area contributed by atoms with Gasteiger partial charge in [0.2, 0.25) is 5.95 Å². The molecule has 44 heavy (non-hydrogen) atoms. The third-order valence-electron chi connectivity index (χ3n) is 8.01. The monoisotopic (exact) mass is 670 g/mol. The number of anilines is 1. The van der Waals surface area contributed by atoms with Crippen LogP contribution < -0.4 is 15.8 Å². The molecule has 1 atom stereocenters. The van der Waals surface area contributed by atoms with Gasteiger partial charge >= 0.3 is 6.18 Å². The molecule has 1 unspecified atom stereocenters. The Morgan fingerprint density at radius 1 is 1.09 bits per heavy atom. The van der Waals surface area contributed by atoms with E-state index in [1.165, 1.54) is 21.6 Å². The van der Waals surface area contributed by atoms with E-state index in [2.05, 4.69) is 36.2 Å². The number of hydrogen-bond acceptors (Lipinski definition) is 7. The number of carbonyl (C=O) groups is 1. The van der Waals surface area contributed by atoms with E-state index in [0.29, 0.717) is 16.9 Å². The van der Waals surface area contributed by atoms with Gasteiger partial charge in [-0.1, -0.05) is 15.9 Å². The molecule has 1 aromatic carbocycles. The first kappa shape index (κ1) is 30.0. The Bertz CT molecular complexity index is 1800. The maximum Gasteiger partial charge on any atom is 0.417 e. The first-order chi connectivity index (χ1) is 20.9. The molecule has 1 fully saturated rings. The summed E-state index contributed by atoms with van der Waals surface area (Å²) in [5, 5.41) is 7.89. The summed E-state index contributed by atoms with van der Waals surface area (Å²) in [5.74, 6) is 0.472. The number of pyridine rings is 1. The first-order valence-electron chi connectivity index (χ1n) is 14.2. The normalized spacial score (nSPS) is 17.1. The Morgan fingerprint density at radius 2 is 1.84 bits per heavy atom. The second kappa shape index (κ2) is 11.5. The molecule has 14 heteroatoms. The van der Waals surface area contributed by atoms with E-state index in [1.54, 1.807) is 17.8 Å². The number of fused-ring (bicyclic) bond motifs is 1. The lowest BCUT2D eigenvalue weighted by molar-refractivity contribution is -0.138. The maximum absolute atomic E-state index is 14.2. The zero-order valence-corrected chi connectivity index (χ0v) is 25.9. The summed E-state index contributed by atoms with van der Waals surface area (Å²) in [4.78, 5) is 40.9. The molecule has 0 bridgehead atoms. The molecule has 6 rings (SSSR count). The van der Waals surface area contributed by atoms with Crippen LogP contribution in [0, 0.1) is 13.8 Å². The second-order valence-electron chi connectivity index (χ2n) is 11.1. The van der Waals surface area contributed by atoms with Gasteiger partial charge in [0.1, 0.15) is 5.82 Å². The molecule has 4 aromatic rings. The van der Waals surface area contributed by atoms with Crippen molar-refractivity contribution in [2.24, 2.45) is 0 Å². The van der Waals surface area contributed by atoms with E-state index in [9.17, 15) is 22.8 Å². The molecule has 0 spiro atoms. The predicted molar refractivity (Wildman–Crippen MR) is 161 cm³/mol. The molecule has 2 aliphatic heterocycles. The zero-order valence-electron chi connectivity index (χ0n) is 24.3. The number of rotatable bonds is 4. The largest absolute Gasteiger partial charge is 0.417 e. The fraction of sp³-hybridized carbons (Fsp3) is 0.367. The van der Waals surface area contributed by atoms with Crippen molar-refractivity contribution in [3.63, 3.8) is 0 Å². The zero-order chi connectivity index (χ0) is 31.3. The number of nitrogens with zero attached hydrogens (tertiary/aromatic N) is 7. The van der Waals surface area contributed by atoms with Gasteiger partial charge in [0.05, 0.1) is 35.4 Å². The lowest BCUT2D eigenvalue weighted by Gasteiger charge is -2.34. The molecule has 5 heterocycles. The van der Waals surface area contributed by atoms with Gasteiger partial charge in [0.15, 0.2) is 0 Å². The van der Waals surface area contributed by atoms with E-state index >= 15 is 0 Å². The Labute approximate surface area is 259 Å². The molecule has 0 radical (unpaired) electrons. The van der Waals surface area contributed by atoms with Crippen LogP contribution in [0.25, 0.3) is 11.6 Å². The molecular weight excluding hydrogens is 641 g/mol. The van der Waals surface area contributed by atoms with Gasteiger partial charge in [0.25, 0.3) is 11.5 Å². The molecule has 1 saturated heterocycles. The van der Waals surface area contributed by atoms with Crippen LogP contribution >= 0.6 is 15.9 Å². The van der Waals surface area contributed by atoms with Gasteiger partial charge in [-0.05, 0) is 63.6 Å². The van der Waals surface area contributed by atoms with Crippen molar-refractivity contribution in [2.45, 2.75) is 46.0 Å². The van der Waals surface area contributed by atoms with E-state index < -0.39 is 23.7 Å². The van der Waals surface area contributed by atoms with Crippen molar-refractivity contribution < 1.29 is 18.0 Å². The van der Waals surface area contributed by atoms with Crippen LogP contribution in [-0.2, 0) is 19.1 Å². The average Bonchev–Trinajstić information content (AvgIpc) is 3.34. The quantitative estimate of drug-likeness (QED) is 0.347. The Kier molecular flexibility index (Phi) is 7.82. The summed E-state index contributed by atoms with van der Waals surface area (Å²) in [6.07, 6.45) is -2.80. The SMILES string of the molecule is Cc1cc(C)n(-c2nc3c(c(=O)n2-c2ccc(N4CCNCC4)nc2)CC(C)N(C(=O)c2ccc(Br)c(C(F)(F)F)c2)C3)n1. The molecule has 230 valence electrons. The highest BCUT2D eigenvalue weighted by Crippen LogP contribution is 2.36. The van der Waals surface area contributed by atoms with Gasteiger partial charge in [-0.15, -0.1) is 0 Å². The highest BCUT2D eigenvalue weighted by molar-refractivity contribution is 9.10. The number of halogens is 4. The summed E-state index contributed by atoms with van der Waals surface area (Å²) in [5.41, 5.74) is 1.47. The minimum Gasteiger partial charge on any atom is -0.354 e. The van der Waals surface area contributed by atoms with Crippen LogP contribution in [0.5, 0.6) is 0 Å². The minimum atomic E-state index is -4.63. The summed E-state index contributed by atoms with van der Waals surface area (Å²) in [6, 6.07) is 8.54. The standard InChI is InChI=1S/C30H30BrF3N8O2/c1-17-12-19(3)42(38-17)29-37-25-16-40(27(43)20-4-6-24(31)23(14-20)30(32,33)34)18(2)13-22(25)28(44)41(29)21-5-7-26(36-15-21)39-10-8-35-9-11-39/h4-7,12,14-15,18,35H,8-11,13,16H2,1-3H3. The van der Waals surface area contributed by atoms with Gasteiger partial charge < -0.3 is 15.1 Å². The van der Waals surface area contributed by atoms with Gasteiger partial charge in [0, 0.05) is 53.5 Å². The fourth-order valence-corrected chi connectivity index (χ4v) is 6.23. The van der Waals surface area contributed by atoms with E-state index in [4.69, 9.17) is 4.98 Å². The number of aromatic nitrogens is 5. The Morgan fingerprint density at radius 3 is 2.48 bits per heavy atom. The summed E-state index contributed by atoms with van der Waals surface area (Å²) >= 11 is 2.93. The van der Waals surface area contributed by atoms with Crippen LogP contribution in [-0.4, -0.2) is 67.3 Å². The summed E-state index contributed by atoms with van der Waals surface area (Å²) in [6.45, 7) is 8.80. The van der Waals surface area contributed by atoms with Crippen molar-refractivity contribution in [1.29, 1.82) is 0 Å². The van der Waals surface area contributed by atoms with Crippen LogP contribution in [0.15, 0.2) is 51.9 Å². The molecule has 3 aromatic heterocycles. The topological polar surface area (TPSA) is 101 Å². The van der Waals surface area contributed by atoms with Crippen molar-refractivity contribution in [3.8, 4) is 11.6 Å². The smallest absolute Gasteiger partial charge is 0.354 e. The van der Waals surface area contributed by atoms with Crippen LogP contribution in [0.3, 0.4) is 0 Å². The lowest BCUT2D eigenvalue weighted by Crippen LogP contribution is -2.46. The maximum atomic E-state index is 14.2. The second-order valence-corrected chi connectivity index (χ2v) is 12.0. The van der Waals surface area contributed by atoms with E-state index in [-0.39, 0.29) is 34.5 Å². The number of nitrogens with one attached hydrogen (secondary N) is 1. The van der Waals surface area contributed by atoms with E-state index in [1.807, 2.05) is 32.0 Å². The summed E-state index contributed by atoms with van der Waals surface area (Å²) in [7, 11) is 0. The van der Waals surface area contributed by atoms with Gasteiger partial charge in [-0.25, -0.2) is 19.2 Å². The Hall–Kier alpha value is -4.04. The molecular formula is C30H30BrF3N8O2. The number of benzene rings is 1. The predicted octanol–water partition coefficient (Wildman–Crippen LogP) is 4.21. The number of carbonyl (C=O) groups excluding carboxylic acids is 1. The van der Waals surface area contributed by atoms with Crippen molar-refractivity contribution in [1.82, 2.24) is 34.5 Å². The summed E-state index contributed by atoms with van der Waals surface area (Å²) < 4.78 is 43.6. The number of hydrogen-bond donors (Lipinski definition) is 1. The van der Waals surface area contributed by atoms with Gasteiger partial charge in [-0.2, -0.15) is 18.3 Å². The molecule has 0 saturated carbocycles. The van der Waals surface area contributed by atoms with Crippen molar-refractivity contribution in [3.05, 3.63) is 91.2 Å². The van der Waals surface area contributed by atoms with E-state index in [0.717, 1.165) is 49.5 Å². The molecule has 10 nitrogen and oxygen atoms in total. The fourth-order valence-electron chi connectivity index (χ4n) is 5.76. The Balaban J connectivity index is 1.42. The number of aryl methyl sites for hydroxylation is 2. The molecule has 0 aliphatic carbocycles. The van der Waals surface area contributed by atoms with Crippen LogP contribution in [0.4, 0.5) is 19.0 Å². The number of piperazine rings is 1. The minimum absolute atomic E-state index is 0.0463. The highest BCUT2D eigenvalue weighted by Gasteiger charge is 2.36. The lowest BCUT2D eigenvalue weighted by atomic mass is 9.98.